The van der Waals surface area contributed by atoms with Crippen molar-refractivity contribution in [1.82, 2.24) is 5.32 Å². The summed E-state index contributed by atoms with van der Waals surface area (Å²) in [7, 11) is 0. The van der Waals surface area contributed by atoms with Crippen LogP contribution in [0.1, 0.15) is 36.3 Å². The van der Waals surface area contributed by atoms with Crippen molar-refractivity contribution in [3.05, 3.63) is 64.7 Å². The van der Waals surface area contributed by atoms with E-state index in [0.717, 1.165) is 30.1 Å². The van der Waals surface area contributed by atoms with Gasteiger partial charge in [0.2, 0.25) is 5.91 Å². The number of para-hydroxylation sites is 1. The molecule has 0 spiro atoms. The smallest absolute Gasteiger partial charge is 0.224 e. The highest BCUT2D eigenvalue weighted by molar-refractivity contribution is 6.31. The third-order valence-corrected chi connectivity index (χ3v) is 5.67. The van der Waals surface area contributed by atoms with Crippen LogP contribution in [-0.4, -0.2) is 19.0 Å². The highest BCUT2D eigenvalue weighted by Crippen LogP contribution is 2.49. The summed E-state index contributed by atoms with van der Waals surface area (Å²) in [6.07, 6.45) is 3.40. The molecule has 4 heteroatoms. The van der Waals surface area contributed by atoms with Crippen LogP contribution in [0.4, 0.5) is 5.69 Å². The summed E-state index contributed by atoms with van der Waals surface area (Å²) in [6.45, 7) is 2.82. The van der Waals surface area contributed by atoms with E-state index in [2.05, 4.69) is 28.4 Å². The van der Waals surface area contributed by atoms with Gasteiger partial charge in [-0.05, 0) is 48.4 Å². The van der Waals surface area contributed by atoms with E-state index >= 15 is 0 Å². The SMILES string of the molecule is O=C(NCc1ccccc1N1CCCC1)C1CC1c1ccccc1Cl. The highest BCUT2D eigenvalue weighted by Gasteiger charge is 2.44. The molecule has 2 unspecified atom stereocenters. The lowest BCUT2D eigenvalue weighted by molar-refractivity contribution is -0.122. The zero-order valence-electron chi connectivity index (χ0n) is 14.2. The number of amides is 1. The van der Waals surface area contributed by atoms with Crippen LogP contribution in [0, 0.1) is 5.92 Å². The van der Waals surface area contributed by atoms with Crippen molar-refractivity contribution < 1.29 is 4.79 Å². The van der Waals surface area contributed by atoms with Gasteiger partial charge >= 0.3 is 0 Å². The average molecular weight is 355 g/mol. The van der Waals surface area contributed by atoms with Gasteiger partial charge in [-0.25, -0.2) is 0 Å². The van der Waals surface area contributed by atoms with E-state index in [-0.39, 0.29) is 17.7 Å². The van der Waals surface area contributed by atoms with Crippen LogP contribution < -0.4 is 10.2 Å². The van der Waals surface area contributed by atoms with Gasteiger partial charge in [-0.15, -0.1) is 0 Å². The van der Waals surface area contributed by atoms with Gasteiger partial charge in [0.05, 0.1) is 0 Å². The number of hydrogen-bond donors (Lipinski definition) is 1. The molecule has 2 atom stereocenters. The summed E-state index contributed by atoms with van der Waals surface area (Å²) in [4.78, 5) is 15.0. The van der Waals surface area contributed by atoms with Crippen molar-refractivity contribution >= 4 is 23.2 Å². The van der Waals surface area contributed by atoms with E-state index in [0.29, 0.717) is 6.54 Å². The van der Waals surface area contributed by atoms with Crippen molar-refractivity contribution in [3.8, 4) is 0 Å². The van der Waals surface area contributed by atoms with Crippen LogP contribution >= 0.6 is 11.6 Å². The zero-order chi connectivity index (χ0) is 17.2. The molecule has 25 heavy (non-hydrogen) atoms. The van der Waals surface area contributed by atoms with E-state index in [4.69, 9.17) is 11.6 Å². The Balaban J connectivity index is 1.38. The lowest BCUT2D eigenvalue weighted by Gasteiger charge is -2.21. The Morgan fingerprint density at radius 2 is 1.80 bits per heavy atom. The normalized spacial score (nSPS) is 22.0. The molecule has 2 aromatic carbocycles. The fourth-order valence-electron chi connectivity index (χ4n) is 3.84. The fraction of sp³-hybridized carbons (Fsp3) is 0.381. The van der Waals surface area contributed by atoms with Crippen LogP contribution in [0.15, 0.2) is 48.5 Å². The molecule has 0 aromatic heterocycles. The Hall–Kier alpha value is -2.00. The predicted octanol–water partition coefficient (Wildman–Crippen LogP) is 4.36. The molecule has 0 bridgehead atoms. The van der Waals surface area contributed by atoms with Gasteiger partial charge in [0.25, 0.3) is 0 Å². The van der Waals surface area contributed by atoms with Crippen molar-refractivity contribution in [3.63, 3.8) is 0 Å². The van der Waals surface area contributed by atoms with Gasteiger partial charge in [0, 0.05) is 36.3 Å². The predicted molar refractivity (Wildman–Crippen MR) is 102 cm³/mol. The van der Waals surface area contributed by atoms with Gasteiger partial charge in [-0.3, -0.25) is 4.79 Å². The maximum Gasteiger partial charge on any atom is 0.224 e. The van der Waals surface area contributed by atoms with Crippen molar-refractivity contribution in [2.45, 2.75) is 31.7 Å². The minimum Gasteiger partial charge on any atom is -0.371 e. The Morgan fingerprint density at radius 3 is 2.60 bits per heavy atom. The third-order valence-electron chi connectivity index (χ3n) is 5.32. The number of carbonyl (C=O) groups is 1. The molecule has 1 N–H and O–H groups in total. The second-order valence-corrected chi connectivity index (χ2v) is 7.42. The second-order valence-electron chi connectivity index (χ2n) is 7.01. The molecule has 2 aromatic rings. The van der Waals surface area contributed by atoms with E-state index in [1.165, 1.54) is 24.1 Å². The van der Waals surface area contributed by atoms with Crippen LogP contribution in [0.2, 0.25) is 5.02 Å². The first-order valence-electron chi connectivity index (χ1n) is 9.09. The molecular formula is C21H23ClN2O. The number of nitrogens with zero attached hydrogens (tertiary/aromatic N) is 1. The summed E-state index contributed by atoms with van der Waals surface area (Å²) >= 11 is 6.26. The molecule has 1 aliphatic carbocycles. The van der Waals surface area contributed by atoms with Gasteiger partial charge in [-0.1, -0.05) is 48.0 Å². The van der Waals surface area contributed by atoms with Gasteiger partial charge in [0.1, 0.15) is 0 Å². The molecule has 0 radical (unpaired) electrons. The number of benzene rings is 2. The van der Waals surface area contributed by atoms with Gasteiger partial charge in [0.15, 0.2) is 0 Å². The maximum absolute atomic E-state index is 12.5. The fourth-order valence-corrected chi connectivity index (χ4v) is 4.12. The van der Waals surface area contributed by atoms with Crippen LogP contribution in [0.25, 0.3) is 0 Å². The first-order chi connectivity index (χ1) is 12.2. The van der Waals surface area contributed by atoms with Crippen molar-refractivity contribution in [2.24, 2.45) is 5.92 Å². The third kappa shape index (κ3) is 3.52. The summed E-state index contributed by atoms with van der Waals surface area (Å²) in [5, 5.41) is 3.90. The molecular weight excluding hydrogens is 332 g/mol. The van der Waals surface area contributed by atoms with Crippen LogP contribution in [0.5, 0.6) is 0 Å². The molecule has 4 rings (SSSR count). The van der Waals surface area contributed by atoms with E-state index < -0.39 is 0 Å². The first kappa shape index (κ1) is 16.5. The van der Waals surface area contributed by atoms with Crippen LogP contribution in [0.3, 0.4) is 0 Å². The lowest BCUT2D eigenvalue weighted by Crippen LogP contribution is -2.27. The lowest BCUT2D eigenvalue weighted by atomic mass is 10.1. The number of anilines is 1. The first-order valence-corrected chi connectivity index (χ1v) is 9.47. The Morgan fingerprint density at radius 1 is 1.08 bits per heavy atom. The minimum absolute atomic E-state index is 0.0545. The number of hydrogen-bond acceptors (Lipinski definition) is 2. The maximum atomic E-state index is 12.5. The summed E-state index contributed by atoms with van der Waals surface area (Å²) in [5.74, 6) is 0.461. The molecule has 1 heterocycles. The number of rotatable bonds is 5. The van der Waals surface area contributed by atoms with Crippen molar-refractivity contribution in [2.75, 3.05) is 18.0 Å². The Bertz CT molecular complexity index is 770. The molecule has 1 aliphatic heterocycles. The topological polar surface area (TPSA) is 32.3 Å². The molecule has 1 saturated carbocycles. The zero-order valence-corrected chi connectivity index (χ0v) is 15.0. The molecule has 1 saturated heterocycles. The Labute approximate surface area is 154 Å². The largest absolute Gasteiger partial charge is 0.371 e. The van der Waals surface area contributed by atoms with Gasteiger partial charge < -0.3 is 10.2 Å². The molecule has 2 fully saturated rings. The van der Waals surface area contributed by atoms with E-state index in [9.17, 15) is 4.79 Å². The monoisotopic (exact) mass is 354 g/mol. The standard InChI is InChI=1S/C21H23ClN2O/c22-19-9-3-2-8-16(19)17-13-18(17)21(25)23-14-15-7-1-4-10-20(15)24-11-5-6-12-24/h1-4,7-10,17-18H,5-6,11-14H2,(H,23,25). The molecule has 1 amide bonds. The van der Waals surface area contributed by atoms with Crippen LogP contribution in [-0.2, 0) is 11.3 Å². The summed E-state index contributed by atoms with van der Waals surface area (Å²) in [6, 6.07) is 16.2. The Kier molecular flexibility index (Phi) is 4.67. The minimum atomic E-state index is 0.0545. The second kappa shape index (κ2) is 7.09. The summed E-state index contributed by atoms with van der Waals surface area (Å²) < 4.78 is 0. The van der Waals surface area contributed by atoms with Crippen molar-refractivity contribution in [1.29, 1.82) is 0 Å². The van der Waals surface area contributed by atoms with Gasteiger partial charge in [-0.2, -0.15) is 0 Å². The molecule has 130 valence electrons. The number of nitrogens with one attached hydrogen (secondary N) is 1. The molecule has 2 aliphatic rings. The quantitative estimate of drug-likeness (QED) is 0.865. The average Bonchev–Trinajstić information content (AvgIpc) is 3.24. The highest BCUT2D eigenvalue weighted by atomic mass is 35.5. The summed E-state index contributed by atoms with van der Waals surface area (Å²) in [5.41, 5.74) is 3.56. The number of halogens is 1. The molecule has 3 nitrogen and oxygen atoms in total. The number of carbonyl (C=O) groups excluding carboxylic acids is 1. The van der Waals surface area contributed by atoms with E-state index in [1.54, 1.807) is 0 Å². The van der Waals surface area contributed by atoms with E-state index in [1.807, 2.05) is 30.3 Å².